The van der Waals surface area contributed by atoms with Crippen molar-refractivity contribution in [3.05, 3.63) is 67.3 Å². The van der Waals surface area contributed by atoms with Crippen LogP contribution >= 0.6 is 45.3 Å². The first-order valence-corrected chi connectivity index (χ1v) is 44.5. The van der Waals surface area contributed by atoms with Crippen LogP contribution in [0.5, 0.6) is 0 Å². The molecule has 0 fully saturated rings. The van der Waals surface area contributed by atoms with Crippen molar-refractivity contribution in [1.29, 1.82) is 0 Å². The molecule has 6 heterocycles. The van der Waals surface area contributed by atoms with Crippen LogP contribution in [0.1, 0.15) is 397 Å². The Balaban J connectivity index is 1.16. The van der Waals surface area contributed by atoms with Gasteiger partial charge < -0.3 is 0 Å². The summed E-state index contributed by atoms with van der Waals surface area (Å²) in [6.07, 6.45) is 69.9. The van der Waals surface area contributed by atoms with Gasteiger partial charge in [0.05, 0.1) is 31.2 Å². The first-order valence-electron chi connectivity index (χ1n) is 41.2. The molecule has 0 amide bonds. The molecule has 0 N–H and O–H groups in total. The fraction of sp³-hybridized carbons (Fsp3) is 0.744. The maximum absolute atomic E-state index is 6.11. The smallest absolute Gasteiger partial charge is 0.155 e. The highest BCUT2D eigenvalue weighted by atomic mass is 32.1. The van der Waals surface area contributed by atoms with Gasteiger partial charge in [-0.2, -0.15) is 0 Å². The third-order valence-corrected chi connectivity index (χ3v) is 26.1. The highest BCUT2D eigenvalue weighted by molar-refractivity contribution is 7.32. The quantitative estimate of drug-likeness (QED) is 0.0357. The minimum Gasteiger partial charge on any atom is -0.253 e. The summed E-state index contributed by atoms with van der Waals surface area (Å²) in [6, 6.07) is 10.1. The fourth-order valence-corrected chi connectivity index (χ4v) is 20.2. The van der Waals surface area contributed by atoms with Crippen molar-refractivity contribution < 1.29 is 0 Å². The number of thiophene rings is 2. The number of thiazole rings is 2. The zero-order valence-corrected chi connectivity index (χ0v) is 66.1. The van der Waals surface area contributed by atoms with E-state index in [0.717, 1.165) is 79.6 Å². The van der Waals surface area contributed by atoms with Crippen molar-refractivity contribution in [3.63, 3.8) is 0 Å². The molecule has 0 aliphatic carbocycles. The normalized spacial score (nSPS) is 13.9. The van der Waals surface area contributed by atoms with Crippen molar-refractivity contribution >= 4 is 65.8 Å². The molecule has 2 aliphatic rings. The van der Waals surface area contributed by atoms with Crippen LogP contribution in [-0.2, 0) is 12.8 Å². The van der Waals surface area contributed by atoms with E-state index < -0.39 is 11.3 Å². The van der Waals surface area contributed by atoms with E-state index in [1.54, 1.807) is 0 Å². The van der Waals surface area contributed by atoms with E-state index in [1.807, 2.05) is 45.3 Å². The Kier molecular flexibility index (Phi) is 36.2. The summed E-state index contributed by atoms with van der Waals surface area (Å²) in [6.45, 7) is 18.6. The average molecular weight is 1380 g/mol. The van der Waals surface area contributed by atoms with Crippen LogP contribution in [0.3, 0.4) is 0 Å². The maximum atomic E-state index is 6.11. The number of hydrogen-bond donors (Lipinski definition) is 0. The predicted octanol–water partition coefficient (Wildman–Crippen LogP) is 28.0. The minimum absolute atomic E-state index is 0.407. The van der Waals surface area contributed by atoms with Gasteiger partial charge in [-0.1, -0.05) is 334 Å². The van der Waals surface area contributed by atoms with Crippen molar-refractivity contribution in [2.24, 2.45) is 20.0 Å². The number of hydrogen-bond acceptors (Lipinski definition) is 10. The number of fused-ring (bicyclic) bond motifs is 6. The molecular formula is C86H136N6S4. The Morgan fingerprint density at radius 2 is 0.594 bits per heavy atom. The molecule has 0 saturated heterocycles. The molecule has 2 aromatic carbocycles. The lowest BCUT2D eigenvalue weighted by atomic mass is 9.95. The van der Waals surface area contributed by atoms with Gasteiger partial charge in [0.1, 0.15) is 10.0 Å². The second-order valence-corrected chi connectivity index (χ2v) is 34.5. The van der Waals surface area contributed by atoms with Crippen LogP contribution in [-0.4, -0.2) is 21.3 Å². The van der Waals surface area contributed by atoms with E-state index in [0.29, 0.717) is 0 Å². The van der Waals surface area contributed by atoms with Crippen LogP contribution in [0.2, 0.25) is 0 Å². The van der Waals surface area contributed by atoms with Gasteiger partial charge in [-0.3, -0.25) is 20.0 Å². The van der Waals surface area contributed by atoms with Crippen molar-refractivity contribution in [2.75, 3.05) is 0 Å². The van der Waals surface area contributed by atoms with Gasteiger partial charge in [-0.05, 0) is 132 Å². The summed E-state index contributed by atoms with van der Waals surface area (Å²) in [7, 11) is 0. The Morgan fingerprint density at radius 3 is 0.979 bits per heavy atom. The number of unbranched alkanes of at least 4 members (excludes halogenated alkanes) is 42. The van der Waals surface area contributed by atoms with Gasteiger partial charge in [-0.15, -0.1) is 22.7 Å². The monoisotopic (exact) mass is 1380 g/mol. The number of aromatic nitrogens is 2. The molecule has 534 valence electrons. The molecule has 10 heteroatoms. The Labute approximate surface area is 602 Å². The van der Waals surface area contributed by atoms with Gasteiger partial charge in [0.2, 0.25) is 0 Å². The van der Waals surface area contributed by atoms with Gasteiger partial charge in [0.25, 0.3) is 0 Å². The first kappa shape index (κ1) is 78.5. The molecule has 0 unspecified atom stereocenters. The predicted molar refractivity (Wildman–Crippen MR) is 426 cm³/mol. The van der Waals surface area contributed by atoms with E-state index in [-0.39, 0.29) is 0 Å². The Bertz CT molecular complexity index is 3350. The molecule has 4 aromatic heterocycles. The highest BCUT2D eigenvalue weighted by Crippen LogP contribution is 2.46. The fourth-order valence-electron chi connectivity index (χ4n) is 15.6. The molecule has 6 nitrogen and oxygen atoms in total. The number of rotatable bonds is 57. The molecule has 6 aromatic rings. The van der Waals surface area contributed by atoms with E-state index in [4.69, 9.17) is 29.9 Å². The largest absolute Gasteiger partial charge is 0.253 e. The minimum atomic E-state index is -0.455. The summed E-state index contributed by atoms with van der Waals surface area (Å²) in [5.74, 6) is 0. The van der Waals surface area contributed by atoms with Crippen LogP contribution in [0.25, 0.3) is 50.6 Å². The second-order valence-electron chi connectivity index (χ2n) is 30.2. The molecule has 8 rings (SSSR count). The number of aryl methyl sites for hydroxylation is 4. The lowest BCUT2D eigenvalue weighted by molar-refractivity contribution is 0.348. The second kappa shape index (κ2) is 44.3. The lowest BCUT2D eigenvalue weighted by Gasteiger charge is -2.23. The van der Waals surface area contributed by atoms with Crippen molar-refractivity contribution in [2.45, 2.75) is 413 Å². The third kappa shape index (κ3) is 24.5. The molecule has 0 atom stereocenters. The van der Waals surface area contributed by atoms with Gasteiger partial charge in [-0.25, -0.2) is 9.97 Å². The lowest BCUT2D eigenvalue weighted by Crippen LogP contribution is -2.32. The average Bonchev–Trinajstić information content (AvgIpc) is 1.49. The van der Waals surface area contributed by atoms with Crippen LogP contribution < -0.4 is 21.4 Å². The third-order valence-electron chi connectivity index (χ3n) is 21.5. The molecule has 0 saturated carbocycles. The van der Waals surface area contributed by atoms with Crippen molar-refractivity contribution in [1.82, 2.24) is 9.97 Å². The molecule has 0 spiro atoms. The van der Waals surface area contributed by atoms with Gasteiger partial charge >= 0.3 is 0 Å². The molecule has 0 bridgehead atoms. The van der Waals surface area contributed by atoms with Crippen molar-refractivity contribution in [3.8, 4) is 30.2 Å². The maximum Gasteiger partial charge on any atom is 0.155 e. The van der Waals surface area contributed by atoms with Crippen LogP contribution in [0.15, 0.2) is 44.2 Å². The standard InChI is InChI=1S/C86H136N6S4/c1-9-15-21-27-33-35-37-39-41-43-45-51-57-69-64-68(8)93-79(69)81-87-83-84(95-81)88-82(96-83)80-70(58-52-46-44-42-40-38-36-34-28-22-16-10-2)65-74(94-80)73-66-72-71(77-78(73)92-86(91-77,61-55-49-31-25-19-13-5)62-56-50-32-26-20-14-6)63-67(7)75-76(72)90-85(89-75,59-53-47-29-23-17-11-3)60-54-48-30-24-18-12-4/h63-66H,9-62H2,1-8H3. The molecule has 96 heavy (non-hydrogen) atoms. The highest BCUT2D eigenvalue weighted by Gasteiger charge is 2.35. The van der Waals surface area contributed by atoms with Crippen LogP contribution in [0, 0.1) is 13.8 Å². The molecular weight excluding hydrogens is 1250 g/mol. The first-order chi connectivity index (χ1) is 47.2. The Morgan fingerprint density at radius 1 is 0.292 bits per heavy atom. The summed E-state index contributed by atoms with van der Waals surface area (Å²) in [5.41, 5.74) is 4.57. The summed E-state index contributed by atoms with van der Waals surface area (Å²) >= 11 is 7.58. The van der Waals surface area contributed by atoms with E-state index in [9.17, 15) is 0 Å². The van der Waals surface area contributed by atoms with E-state index in [2.05, 4.69) is 79.7 Å². The van der Waals surface area contributed by atoms with E-state index in [1.165, 1.54) is 361 Å². The number of benzene rings is 2. The van der Waals surface area contributed by atoms with Gasteiger partial charge in [0, 0.05) is 26.1 Å². The SMILES string of the molecule is CCCCCCCCCCCCCCc1cc(C)sc1-c1nc2sc(-c3sc(-c4cc5c6c(c(C)cc5c5c4=NC(CCCCCCCC)(CCCCCCCC)N=5)=NC(CCCCCCCC)(CCCCCCCC)N=6)cc3CCCCCCCCCCCCCC)nc2s1. The zero-order valence-electron chi connectivity index (χ0n) is 62.8. The zero-order chi connectivity index (χ0) is 67.5. The summed E-state index contributed by atoms with van der Waals surface area (Å²) < 4.78 is 0. The number of nitrogens with zero attached hydrogens (tertiary/aromatic N) is 6. The molecule has 0 radical (unpaired) electrons. The van der Waals surface area contributed by atoms with E-state index >= 15 is 0 Å². The summed E-state index contributed by atoms with van der Waals surface area (Å²) in [5, 5.41) is 9.28. The van der Waals surface area contributed by atoms with Crippen LogP contribution in [0.4, 0.5) is 0 Å². The Hall–Kier alpha value is -3.18. The molecule has 2 aliphatic heterocycles. The van der Waals surface area contributed by atoms with Gasteiger partial charge in [0.15, 0.2) is 21.0 Å². The summed E-state index contributed by atoms with van der Waals surface area (Å²) in [4.78, 5) is 42.8. The topological polar surface area (TPSA) is 75.2 Å².